The van der Waals surface area contributed by atoms with Gasteiger partial charge in [-0.15, -0.1) is 0 Å². The normalized spacial score (nSPS) is 12.8. The van der Waals surface area contributed by atoms with Crippen LogP contribution >= 0.6 is 23.2 Å². The first kappa shape index (κ1) is 22.5. The third-order valence-electron chi connectivity index (χ3n) is 4.92. The van der Waals surface area contributed by atoms with Crippen molar-refractivity contribution < 1.29 is 17.6 Å². The largest absolute Gasteiger partial charge is 0.406 e. The lowest BCUT2D eigenvalue weighted by molar-refractivity contribution is 0.0562. The molecule has 6 nitrogen and oxygen atoms in total. The number of nitrogens with zero attached hydrogens (tertiary/aromatic N) is 2. The number of fused-ring (bicyclic) bond motifs is 1. The minimum absolute atomic E-state index is 0.0835. The van der Waals surface area contributed by atoms with Gasteiger partial charge in [-0.05, 0) is 42.3 Å². The van der Waals surface area contributed by atoms with Crippen LogP contribution in [0.1, 0.15) is 24.2 Å². The van der Waals surface area contributed by atoms with Gasteiger partial charge in [0.25, 0.3) is 0 Å². The molecule has 2 heterocycles. The summed E-state index contributed by atoms with van der Waals surface area (Å²) in [7, 11) is -3.60. The molecule has 0 radical (unpaired) electrons. The lowest BCUT2D eigenvalue weighted by Crippen LogP contribution is -2.16. The number of pyridine rings is 1. The van der Waals surface area contributed by atoms with Crippen molar-refractivity contribution in [3.05, 3.63) is 87.9 Å². The molecule has 0 spiro atoms. The molecule has 1 atom stereocenters. The third kappa shape index (κ3) is 4.73. The van der Waals surface area contributed by atoms with Gasteiger partial charge < -0.3 is 4.84 Å². The number of hydrogen-bond donors (Lipinski definition) is 1. The van der Waals surface area contributed by atoms with Crippen LogP contribution in [0.3, 0.4) is 0 Å². The standard InChI is InChI=1S/C22H18Cl2FN3O3S/c1-13(21-17(23)6-7-18(25)22(21)24)31-28-9-8-19-20(28)10-16(11-27-19)15-4-2-14(3-5-15)12-32(26,29)30/h2-11,13H,12H2,1H3,(H2,26,29,30). The topological polar surface area (TPSA) is 87.2 Å². The highest BCUT2D eigenvalue weighted by Crippen LogP contribution is 2.33. The highest BCUT2D eigenvalue weighted by atomic mass is 35.5. The quantitative estimate of drug-likeness (QED) is 0.377. The van der Waals surface area contributed by atoms with Gasteiger partial charge in [0.05, 0.1) is 16.3 Å². The van der Waals surface area contributed by atoms with Crippen LogP contribution in [0.2, 0.25) is 10.0 Å². The molecular weight excluding hydrogens is 476 g/mol. The van der Waals surface area contributed by atoms with Gasteiger partial charge >= 0.3 is 0 Å². The minimum atomic E-state index is -3.60. The molecule has 0 aliphatic heterocycles. The number of halogens is 3. The molecule has 10 heteroatoms. The Balaban J connectivity index is 1.64. The molecule has 0 saturated heterocycles. The van der Waals surface area contributed by atoms with Gasteiger partial charge in [-0.2, -0.15) is 4.73 Å². The lowest BCUT2D eigenvalue weighted by Gasteiger charge is -2.19. The van der Waals surface area contributed by atoms with E-state index < -0.39 is 21.9 Å². The van der Waals surface area contributed by atoms with Gasteiger partial charge in [0, 0.05) is 28.5 Å². The van der Waals surface area contributed by atoms with E-state index in [1.807, 2.05) is 6.07 Å². The molecule has 2 N–H and O–H groups in total. The van der Waals surface area contributed by atoms with Crippen LogP contribution in [-0.4, -0.2) is 18.1 Å². The lowest BCUT2D eigenvalue weighted by atomic mass is 10.1. The van der Waals surface area contributed by atoms with Crippen LogP contribution in [0, 0.1) is 5.82 Å². The van der Waals surface area contributed by atoms with Crippen molar-refractivity contribution in [3.8, 4) is 11.1 Å². The molecule has 4 rings (SSSR count). The van der Waals surface area contributed by atoms with Crippen molar-refractivity contribution in [3.63, 3.8) is 0 Å². The van der Waals surface area contributed by atoms with Crippen LogP contribution in [0.4, 0.5) is 4.39 Å². The summed E-state index contributed by atoms with van der Waals surface area (Å²) in [5, 5.41) is 5.32. The Labute approximate surface area is 194 Å². The number of nitrogens with two attached hydrogens (primary N) is 1. The monoisotopic (exact) mass is 493 g/mol. The first-order valence-electron chi connectivity index (χ1n) is 9.50. The first-order chi connectivity index (χ1) is 15.1. The van der Waals surface area contributed by atoms with Crippen molar-refractivity contribution in [2.24, 2.45) is 5.14 Å². The predicted octanol–water partition coefficient (Wildman–Crippen LogP) is 5.13. The summed E-state index contributed by atoms with van der Waals surface area (Å²) >= 11 is 12.3. The van der Waals surface area contributed by atoms with Crippen LogP contribution in [0.25, 0.3) is 22.2 Å². The number of sulfonamides is 1. The summed E-state index contributed by atoms with van der Waals surface area (Å²) in [5.74, 6) is -0.807. The van der Waals surface area contributed by atoms with Crippen LogP contribution in [0.15, 0.2) is 60.9 Å². The van der Waals surface area contributed by atoms with Crippen molar-refractivity contribution in [2.75, 3.05) is 0 Å². The van der Waals surface area contributed by atoms with Gasteiger partial charge in [0.15, 0.2) is 6.10 Å². The number of hydrogen-bond acceptors (Lipinski definition) is 4. The molecule has 1 unspecified atom stereocenters. The predicted molar refractivity (Wildman–Crippen MR) is 123 cm³/mol. The second-order valence-corrected chi connectivity index (χ2v) is 9.68. The molecule has 0 fully saturated rings. The van der Waals surface area contributed by atoms with E-state index in [9.17, 15) is 12.8 Å². The fourth-order valence-electron chi connectivity index (χ4n) is 3.40. The van der Waals surface area contributed by atoms with E-state index in [1.54, 1.807) is 49.6 Å². The Morgan fingerprint density at radius 2 is 1.84 bits per heavy atom. The zero-order valence-corrected chi connectivity index (χ0v) is 19.1. The third-order valence-corrected chi connectivity index (χ3v) is 6.36. The van der Waals surface area contributed by atoms with E-state index in [2.05, 4.69) is 4.98 Å². The van der Waals surface area contributed by atoms with E-state index in [0.29, 0.717) is 27.2 Å². The van der Waals surface area contributed by atoms with E-state index in [4.69, 9.17) is 33.2 Å². The highest BCUT2D eigenvalue weighted by molar-refractivity contribution is 7.88. The maximum atomic E-state index is 13.9. The fraction of sp³-hybridized carbons (Fsp3) is 0.136. The maximum Gasteiger partial charge on any atom is 0.213 e. The summed E-state index contributed by atoms with van der Waals surface area (Å²) in [4.78, 5) is 10.5. The summed E-state index contributed by atoms with van der Waals surface area (Å²) in [6, 6.07) is 13.3. The second-order valence-electron chi connectivity index (χ2n) is 7.28. The van der Waals surface area contributed by atoms with Gasteiger partial charge in [-0.1, -0.05) is 47.5 Å². The van der Waals surface area contributed by atoms with Gasteiger partial charge in [-0.3, -0.25) is 4.98 Å². The number of rotatable bonds is 6. The molecule has 0 aliphatic rings. The molecule has 32 heavy (non-hydrogen) atoms. The molecule has 4 aromatic rings. The van der Waals surface area contributed by atoms with Crippen LogP contribution < -0.4 is 9.98 Å². The van der Waals surface area contributed by atoms with Crippen molar-refractivity contribution in [1.29, 1.82) is 0 Å². The van der Waals surface area contributed by atoms with Crippen molar-refractivity contribution in [1.82, 2.24) is 9.71 Å². The van der Waals surface area contributed by atoms with E-state index >= 15 is 0 Å². The minimum Gasteiger partial charge on any atom is -0.406 e. The Kier molecular flexibility index (Phi) is 6.13. The molecule has 2 aromatic heterocycles. The van der Waals surface area contributed by atoms with Crippen molar-refractivity contribution in [2.45, 2.75) is 18.8 Å². The number of primary sulfonamides is 1. The Bertz CT molecular complexity index is 1410. The Morgan fingerprint density at radius 3 is 2.53 bits per heavy atom. The van der Waals surface area contributed by atoms with Crippen LogP contribution in [-0.2, 0) is 15.8 Å². The summed E-state index contributed by atoms with van der Waals surface area (Å²) < 4.78 is 38.0. The molecular formula is C22H18Cl2FN3O3S. The van der Waals surface area contributed by atoms with E-state index in [0.717, 1.165) is 11.1 Å². The molecule has 0 bridgehead atoms. The molecule has 166 valence electrons. The van der Waals surface area contributed by atoms with Gasteiger partial charge in [0.1, 0.15) is 11.3 Å². The second kappa shape index (κ2) is 8.71. The zero-order valence-electron chi connectivity index (χ0n) is 16.8. The average molecular weight is 494 g/mol. The maximum absolute atomic E-state index is 13.9. The SMILES string of the molecule is CC(On1ccc2ncc(-c3ccc(CS(N)(=O)=O)cc3)cc21)c1c(Cl)ccc(F)c1Cl. The number of benzene rings is 2. The average Bonchev–Trinajstić information content (AvgIpc) is 3.12. The highest BCUT2D eigenvalue weighted by Gasteiger charge is 2.20. The van der Waals surface area contributed by atoms with Gasteiger partial charge in [0.2, 0.25) is 10.0 Å². The molecule has 0 aliphatic carbocycles. The zero-order chi connectivity index (χ0) is 23.0. The fourth-order valence-corrected chi connectivity index (χ4v) is 4.74. The molecule has 0 saturated carbocycles. The molecule has 0 amide bonds. The Morgan fingerprint density at radius 1 is 1.12 bits per heavy atom. The Hall–Kier alpha value is -2.65. The van der Waals surface area contributed by atoms with Crippen molar-refractivity contribution >= 4 is 44.3 Å². The van der Waals surface area contributed by atoms with Crippen LogP contribution in [0.5, 0.6) is 0 Å². The summed E-state index contributed by atoms with van der Waals surface area (Å²) in [6.07, 6.45) is 2.78. The summed E-state index contributed by atoms with van der Waals surface area (Å²) in [6.45, 7) is 1.72. The van der Waals surface area contributed by atoms with E-state index in [-0.39, 0.29) is 10.8 Å². The number of aromatic nitrogens is 2. The smallest absolute Gasteiger partial charge is 0.213 e. The first-order valence-corrected chi connectivity index (χ1v) is 12.0. The summed E-state index contributed by atoms with van der Waals surface area (Å²) in [5.41, 5.74) is 3.97. The van der Waals surface area contributed by atoms with Gasteiger partial charge in [-0.25, -0.2) is 17.9 Å². The van der Waals surface area contributed by atoms with E-state index in [1.165, 1.54) is 16.9 Å². The molecule has 2 aromatic carbocycles.